The molecule has 1 amide bonds. The Morgan fingerprint density at radius 1 is 1.42 bits per heavy atom. The SMILES string of the molecule is CCc1cccc(C)c1NC(=O)C(N)CCC(=O)O. The van der Waals surface area contributed by atoms with Crippen LogP contribution in [0.1, 0.15) is 30.9 Å². The zero-order valence-electron chi connectivity index (χ0n) is 11.3. The Kier molecular flexibility index (Phi) is 5.51. The van der Waals surface area contributed by atoms with E-state index < -0.39 is 12.0 Å². The second-order valence-corrected chi connectivity index (χ2v) is 4.49. The molecule has 1 atom stereocenters. The van der Waals surface area contributed by atoms with Gasteiger partial charge in [-0.25, -0.2) is 0 Å². The lowest BCUT2D eigenvalue weighted by atomic mass is 10.0. The van der Waals surface area contributed by atoms with Crippen molar-refractivity contribution in [3.63, 3.8) is 0 Å². The van der Waals surface area contributed by atoms with E-state index in [0.717, 1.165) is 23.2 Å². The number of nitrogens with one attached hydrogen (secondary N) is 1. The molecule has 0 saturated heterocycles. The quantitative estimate of drug-likeness (QED) is 0.729. The molecule has 0 fully saturated rings. The summed E-state index contributed by atoms with van der Waals surface area (Å²) in [5.41, 5.74) is 8.47. The number of anilines is 1. The highest BCUT2D eigenvalue weighted by Crippen LogP contribution is 2.21. The predicted octanol–water partition coefficient (Wildman–Crippen LogP) is 1.69. The van der Waals surface area contributed by atoms with Gasteiger partial charge in [-0.1, -0.05) is 25.1 Å². The predicted molar refractivity (Wildman–Crippen MR) is 74.0 cm³/mol. The topological polar surface area (TPSA) is 92.4 Å². The van der Waals surface area contributed by atoms with Gasteiger partial charge in [0, 0.05) is 12.1 Å². The molecule has 0 saturated carbocycles. The maximum Gasteiger partial charge on any atom is 0.303 e. The molecule has 5 nitrogen and oxygen atoms in total. The molecule has 0 aromatic heterocycles. The van der Waals surface area contributed by atoms with E-state index in [2.05, 4.69) is 5.32 Å². The second kappa shape index (κ2) is 6.89. The van der Waals surface area contributed by atoms with E-state index in [9.17, 15) is 9.59 Å². The van der Waals surface area contributed by atoms with Crippen LogP contribution in [0.25, 0.3) is 0 Å². The molecular formula is C14H20N2O3. The van der Waals surface area contributed by atoms with E-state index in [1.54, 1.807) is 0 Å². The van der Waals surface area contributed by atoms with Crippen LogP contribution >= 0.6 is 0 Å². The number of carbonyl (C=O) groups is 2. The first-order valence-electron chi connectivity index (χ1n) is 6.32. The van der Waals surface area contributed by atoms with Gasteiger partial charge >= 0.3 is 5.97 Å². The van der Waals surface area contributed by atoms with Gasteiger partial charge in [0.25, 0.3) is 0 Å². The van der Waals surface area contributed by atoms with Crippen molar-refractivity contribution in [2.45, 2.75) is 39.2 Å². The van der Waals surface area contributed by atoms with Gasteiger partial charge in [0.05, 0.1) is 6.04 Å². The normalized spacial score (nSPS) is 11.9. The van der Waals surface area contributed by atoms with E-state index >= 15 is 0 Å². The van der Waals surface area contributed by atoms with Crippen molar-refractivity contribution in [2.24, 2.45) is 5.73 Å². The average molecular weight is 264 g/mol. The average Bonchev–Trinajstić information content (AvgIpc) is 2.37. The number of hydrogen-bond donors (Lipinski definition) is 3. The number of carboxylic acids is 1. The van der Waals surface area contributed by atoms with Crippen LogP contribution in [0, 0.1) is 6.92 Å². The summed E-state index contributed by atoms with van der Waals surface area (Å²) in [6.07, 6.45) is 0.832. The zero-order chi connectivity index (χ0) is 14.4. The molecule has 1 aromatic rings. The van der Waals surface area contributed by atoms with Crippen molar-refractivity contribution < 1.29 is 14.7 Å². The van der Waals surface area contributed by atoms with Crippen LogP contribution in [0.5, 0.6) is 0 Å². The van der Waals surface area contributed by atoms with Crippen molar-refractivity contribution in [1.82, 2.24) is 0 Å². The number of benzene rings is 1. The van der Waals surface area contributed by atoms with Gasteiger partial charge in [-0.3, -0.25) is 9.59 Å². The smallest absolute Gasteiger partial charge is 0.303 e. The number of rotatable bonds is 6. The Bertz CT molecular complexity index is 472. The minimum Gasteiger partial charge on any atom is -0.481 e. The van der Waals surface area contributed by atoms with Gasteiger partial charge in [0.15, 0.2) is 0 Å². The maximum atomic E-state index is 11.9. The number of para-hydroxylation sites is 1. The number of aryl methyl sites for hydroxylation is 2. The van der Waals surface area contributed by atoms with Crippen LogP contribution in [-0.4, -0.2) is 23.0 Å². The number of nitrogens with two attached hydrogens (primary N) is 1. The van der Waals surface area contributed by atoms with Gasteiger partial charge < -0.3 is 16.2 Å². The molecule has 19 heavy (non-hydrogen) atoms. The van der Waals surface area contributed by atoms with E-state index in [1.165, 1.54) is 0 Å². The number of hydrogen-bond acceptors (Lipinski definition) is 3. The molecule has 0 aliphatic rings. The standard InChI is InChI=1S/C14H20N2O3/c1-3-10-6-4-5-9(2)13(10)16-14(19)11(15)7-8-12(17)18/h4-6,11H,3,7-8,15H2,1-2H3,(H,16,19)(H,17,18). The van der Waals surface area contributed by atoms with Crippen LogP contribution in [0.2, 0.25) is 0 Å². The molecule has 0 radical (unpaired) electrons. The Hall–Kier alpha value is -1.88. The highest BCUT2D eigenvalue weighted by Gasteiger charge is 2.16. The van der Waals surface area contributed by atoms with Crippen LogP contribution in [0.15, 0.2) is 18.2 Å². The molecular weight excluding hydrogens is 244 g/mol. The molecule has 0 bridgehead atoms. The summed E-state index contributed by atoms with van der Waals surface area (Å²) in [4.78, 5) is 22.4. The Morgan fingerprint density at radius 2 is 2.11 bits per heavy atom. The summed E-state index contributed by atoms with van der Waals surface area (Å²) in [6, 6.07) is 5.00. The molecule has 1 unspecified atom stereocenters. The molecule has 104 valence electrons. The summed E-state index contributed by atoms with van der Waals surface area (Å²) in [6.45, 7) is 3.92. The lowest BCUT2D eigenvalue weighted by Gasteiger charge is -2.16. The highest BCUT2D eigenvalue weighted by atomic mass is 16.4. The minimum atomic E-state index is -0.951. The summed E-state index contributed by atoms with van der Waals surface area (Å²) in [5, 5.41) is 11.4. The lowest BCUT2D eigenvalue weighted by molar-refractivity contribution is -0.137. The summed E-state index contributed by atoms with van der Waals surface area (Å²) in [7, 11) is 0. The molecule has 0 heterocycles. The number of carboxylic acid groups (broad SMARTS) is 1. The Labute approximate surface area is 112 Å². The van der Waals surface area contributed by atoms with E-state index in [1.807, 2.05) is 32.0 Å². The fourth-order valence-electron chi connectivity index (χ4n) is 1.83. The van der Waals surface area contributed by atoms with E-state index in [-0.39, 0.29) is 18.7 Å². The van der Waals surface area contributed by atoms with Crippen molar-refractivity contribution in [2.75, 3.05) is 5.32 Å². The highest BCUT2D eigenvalue weighted by molar-refractivity contribution is 5.96. The Morgan fingerprint density at radius 3 is 2.68 bits per heavy atom. The fourth-order valence-corrected chi connectivity index (χ4v) is 1.83. The summed E-state index contributed by atoms with van der Waals surface area (Å²) < 4.78 is 0. The molecule has 0 aliphatic carbocycles. The van der Waals surface area contributed by atoms with Gasteiger partial charge in [0.1, 0.15) is 0 Å². The third-order valence-corrected chi connectivity index (χ3v) is 2.99. The monoisotopic (exact) mass is 264 g/mol. The van der Waals surface area contributed by atoms with E-state index in [4.69, 9.17) is 10.8 Å². The van der Waals surface area contributed by atoms with E-state index in [0.29, 0.717) is 0 Å². The van der Waals surface area contributed by atoms with Gasteiger partial charge in [-0.15, -0.1) is 0 Å². The van der Waals surface area contributed by atoms with Crippen LogP contribution in [0.3, 0.4) is 0 Å². The van der Waals surface area contributed by atoms with Crippen molar-refractivity contribution >= 4 is 17.6 Å². The molecule has 5 heteroatoms. The maximum absolute atomic E-state index is 11.9. The molecule has 0 spiro atoms. The van der Waals surface area contributed by atoms with Gasteiger partial charge in [-0.2, -0.15) is 0 Å². The fraction of sp³-hybridized carbons (Fsp3) is 0.429. The van der Waals surface area contributed by atoms with Gasteiger partial charge in [-0.05, 0) is 30.9 Å². The first kappa shape index (κ1) is 15.2. The van der Waals surface area contributed by atoms with Crippen molar-refractivity contribution in [3.8, 4) is 0 Å². The first-order valence-corrected chi connectivity index (χ1v) is 6.32. The molecule has 0 aliphatic heterocycles. The zero-order valence-corrected chi connectivity index (χ0v) is 11.3. The first-order chi connectivity index (χ1) is 8.95. The molecule has 4 N–H and O–H groups in total. The summed E-state index contributed by atoms with van der Waals surface area (Å²) in [5.74, 6) is -1.29. The van der Waals surface area contributed by atoms with Gasteiger partial charge in [0.2, 0.25) is 5.91 Å². The number of amides is 1. The third-order valence-electron chi connectivity index (χ3n) is 2.99. The van der Waals surface area contributed by atoms with Crippen LogP contribution in [-0.2, 0) is 16.0 Å². The lowest BCUT2D eigenvalue weighted by Crippen LogP contribution is -2.36. The third kappa shape index (κ3) is 4.37. The van der Waals surface area contributed by atoms with Crippen LogP contribution in [0.4, 0.5) is 5.69 Å². The molecule has 1 rings (SSSR count). The minimum absolute atomic E-state index is 0.108. The van der Waals surface area contributed by atoms with Crippen molar-refractivity contribution in [1.29, 1.82) is 0 Å². The number of aliphatic carboxylic acids is 1. The Balaban J connectivity index is 2.74. The second-order valence-electron chi connectivity index (χ2n) is 4.49. The van der Waals surface area contributed by atoms with Crippen molar-refractivity contribution in [3.05, 3.63) is 29.3 Å². The summed E-state index contributed by atoms with van der Waals surface area (Å²) >= 11 is 0. The van der Waals surface area contributed by atoms with Crippen LogP contribution < -0.4 is 11.1 Å². The number of carbonyl (C=O) groups excluding carboxylic acids is 1. The largest absolute Gasteiger partial charge is 0.481 e. The molecule has 1 aromatic carbocycles.